The Morgan fingerprint density at radius 2 is 2.00 bits per heavy atom. The summed E-state index contributed by atoms with van der Waals surface area (Å²) in [6.45, 7) is 5.29. The molecule has 3 rings (SSSR count). The van der Waals surface area contributed by atoms with Crippen molar-refractivity contribution in [1.82, 2.24) is 20.1 Å². The Morgan fingerprint density at radius 1 is 1.20 bits per heavy atom. The van der Waals surface area contributed by atoms with E-state index in [1.54, 1.807) is 7.11 Å². The van der Waals surface area contributed by atoms with Gasteiger partial charge in [-0.1, -0.05) is 47.6 Å². The van der Waals surface area contributed by atoms with E-state index < -0.39 is 0 Å². The van der Waals surface area contributed by atoms with Gasteiger partial charge in [0.1, 0.15) is 0 Å². The third kappa shape index (κ3) is 5.41. The van der Waals surface area contributed by atoms with E-state index in [1.165, 1.54) is 11.8 Å². The summed E-state index contributed by atoms with van der Waals surface area (Å²) in [5, 5.41) is 12.9. The molecule has 0 aliphatic heterocycles. The third-order valence-corrected chi connectivity index (χ3v) is 5.79. The first kappa shape index (κ1) is 22.3. The van der Waals surface area contributed by atoms with Gasteiger partial charge in [0.05, 0.1) is 16.5 Å². The number of halogens is 1. The summed E-state index contributed by atoms with van der Waals surface area (Å²) in [6.07, 6.45) is 0.780. The molecule has 0 aliphatic carbocycles. The van der Waals surface area contributed by atoms with E-state index in [1.807, 2.05) is 42.7 Å². The van der Waals surface area contributed by atoms with Crippen LogP contribution in [0.5, 0.6) is 0 Å². The fourth-order valence-corrected chi connectivity index (χ4v) is 3.98. The molecule has 1 heterocycles. The van der Waals surface area contributed by atoms with Crippen molar-refractivity contribution in [2.24, 2.45) is 0 Å². The molecule has 30 heavy (non-hydrogen) atoms. The lowest BCUT2D eigenvalue weighted by atomic mass is 10.1. The van der Waals surface area contributed by atoms with Crippen LogP contribution < -0.4 is 5.32 Å². The van der Waals surface area contributed by atoms with Crippen molar-refractivity contribution < 1.29 is 9.53 Å². The smallest absolute Gasteiger partial charge is 0.230 e. The van der Waals surface area contributed by atoms with Gasteiger partial charge in [0.2, 0.25) is 5.91 Å². The molecule has 0 aliphatic rings. The van der Waals surface area contributed by atoms with Crippen LogP contribution in [0.2, 0.25) is 5.02 Å². The lowest BCUT2D eigenvalue weighted by molar-refractivity contribution is -0.118. The topological polar surface area (TPSA) is 69.0 Å². The molecule has 0 fully saturated rings. The Kier molecular flexibility index (Phi) is 7.90. The van der Waals surface area contributed by atoms with Crippen LogP contribution in [-0.4, -0.2) is 46.7 Å². The molecule has 0 bridgehead atoms. The van der Waals surface area contributed by atoms with Gasteiger partial charge in [-0.15, -0.1) is 10.2 Å². The minimum absolute atomic E-state index is 0.0501. The lowest BCUT2D eigenvalue weighted by Gasteiger charge is -2.14. The van der Waals surface area contributed by atoms with Crippen molar-refractivity contribution in [1.29, 1.82) is 0 Å². The number of amides is 1. The Balaban J connectivity index is 1.91. The normalized spacial score (nSPS) is 10.9. The SMILES string of the molecule is COCCCNC(=O)CSc1nnc(-c2ccccc2Cl)n1-c1cc(C)ccc1C. The average Bonchev–Trinajstić information content (AvgIpc) is 3.15. The second-order valence-corrected chi connectivity index (χ2v) is 8.25. The summed E-state index contributed by atoms with van der Waals surface area (Å²) >= 11 is 7.80. The zero-order chi connectivity index (χ0) is 21.5. The molecular formula is C22H25ClN4O2S. The molecule has 0 spiro atoms. The van der Waals surface area contributed by atoms with Gasteiger partial charge < -0.3 is 10.1 Å². The number of nitrogens with one attached hydrogen (secondary N) is 1. The number of thioether (sulfide) groups is 1. The standard InChI is InChI=1S/C22H25ClN4O2S/c1-15-9-10-16(2)19(13-15)27-21(17-7-4-5-8-18(17)23)25-26-22(27)30-14-20(28)24-11-6-12-29-3/h4-5,7-10,13H,6,11-12,14H2,1-3H3,(H,24,28). The van der Waals surface area contributed by atoms with E-state index in [-0.39, 0.29) is 11.7 Å². The van der Waals surface area contributed by atoms with E-state index >= 15 is 0 Å². The number of carbonyl (C=O) groups is 1. The highest BCUT2D eigenvalue weighted by atomic mass is 35.5. The lowest BCUT2D eigenvalue weighted by Crippen LogP contribution is -2.27. The number of hydrogen-bond donors (Lipinski definition) is 1. The summed E-state index contributed by atoms with van der Waals surface area (Å²) in [7, 11) is 1.65. The van der Waals surface area contributed by atoms with E-state index in [0.29, 0.717) is 29.2 Å². The molecule has 0 radical (unpaired) electrons. The van der Waals surface area contributed by atoms with Gasteiger partial charge in [0.15, 0.2) is 11.0 Å². The Labute approximate surface area is 186 Å². The van der Waals surface area contributed by atoms with E-state index in [2.05, 4.69) is 33.7 Å². The van der Waals surface area contributed by atoms with Crippen LogP contribution in [-0.2, 0) is 9.53 Å². The molecule has 1 N–H and O–H groups in total. The van der Waals surface area contributed by atoms with Crippen molar-refractivity contribution >= 4 is 29.3 Å². The number of aryl methyl sites for hydroxylation is 2. The maximum absolute atomic E-state index is 12.2. The number of ether oxygens (including phenoxy) is 1. The summed E-state index contributed by atoms with van der Waals surface area (Å²) in [5.74, 6) is 0.849. The Bertz CT molecular complexity index is 1020. The van der Waals surface area contributed by atoms with E-state index in [4.69, 9.17) is 16.3 Å². The second-order valence-electron chi connectivity index (χ2n) is 6.90. The first-order chi connectivity index (χ1) is 14.5. The maximum atomic E-state index is 12.2. The van der Waals surface area contributed by atoms with Crippen molar-refractivity contribution in [3.63, 3.8) is 0 Å². The van der Waals surface area contributed by atoms with E-state index in [9.17, 15) is 4.79 Å². The summed E-state index contributed by atoms with van der Waals surface area (Å²) in [6, 6.07) is 13.8. The van der Waals surface area contributed by atoms with Crippen LogP contribution in [0.3, 0.4) is 0 Å². The van der Waals surface area contributed by atoms with Gasteiger partial charge in [-0.2, -0.15) is 0 Å². The first-order valence-corrected chi connectivity index (χ1v) is 11.0. The van der Waals surface area contributed by atoms with Crippen molar-refractivity contribution in [3.8, 4) is 17.1 Å². The Hall–Kier alpha value is -2.35. The van der Waals surface area contributed by atoms with Crippen molar-refractivity contribution in [3.05, 3.63) is 58.6 Å². The van der Waals surface area contributed by atoms with Crippen LogP contribution in [0.1, 0.15) is 17.5 Å². The zero-order valence-electron chi connectivity index (χ0n) is 17.3. The zero-order valence-corrected chi connectivity index (χ0v) is 18.9. The molecular weight excluding hydrogens is 420 g/mol. The fourth-order valence-electron chi connectivity index (χ4n) is 2.98. The predicted octanol–water partition coefficient (Wildman–Crippen LogP) is 4.45. The van der Waals surface area contributed by atoms with Gasteiger partial charge in [0.25, 0.3) is 0 Å². The highest BCUT2D eigenvalue weighted by Gasteiger charge is 2.20. The molecule has 8 heteroatoms. The van der Waals surface area contributed by atoms with Crippen LogP contribution in [0.15, 0.2) is 47.6 Å². The van der Waals surface area contributed by atoms with Gasteiger partial charge in [-0.25, -0.2) is 0 Å². The molecule has 158 valence electrons. The third-order valence-electron chi connectivity index (χ3n) is 4.53. The molecule has 0 saturated carbocycles. The number of benzene rings is 2. The molecule has 1 amide bonds. The van der Waals surface area contributed by atoms with Crippen molar-refractivity contribution in [2.75, 3.05) is 26.0 Å². The van der Waals surface area contributed by atoms with Gasteiger partial charge in [-0.05, 0) is 49.6 Å². The monoisotopic (exact) mass is 444 g/mol. The molecule has 2 aromatic carbocycles. The van der Waals surface area contributed by atoms with Crippen LogP contribution in [0.4, 0.5) is 0 Å². The molecule has 3 aromatic rings. The highest BCUT2D eigenvalue weighted by Crippen LogP contribution is 2.33. The van der Waals surface area contributed by atoms with Gasteiger partial charge in [0, 0.05) is 25.8 Å². The quantitative estimate of drug-likeness (QED) is 0.390. The van der Waals surface area contributed by atoms with Gasteiger partial charge in [-0.3, -0.25) is 9.36 Å². The molecule has 0 saturated heterocycles. The number of aromatic nitrogens is 3. The predicted molar refractivity (Wildman–Crippen MR) is 122 cm³/mol. The van der Waals surface area contributed by atoms with Crippen LogP contribution >= 0.6 is 23.4 Å². The number of methoxy groups -OCH3 is 1. The minimum Gasteiger partial charge on any atom is -0.385 e. The summed E-state index contributed by atoms with van der Waals surface area (Å²) < 4.78 is 6.98. The summed E-state index contributed by atoms with van der Waals surface area (Å²) in [4.78, 5) is 12.2. The molecule has 0 unspecified atom stereocenters. The number of rotatable bonds is 9. The molecule has 1 aromatic heterocycles. The van der Waals surface area contributed by atoms with Crippen LogP contribution in [0, 0.1) is 13.8 Å². The number of nitrogens with zero attached hydrogens (tertiary/aromatic N) is 3. The fraction of sp³-hybridized carbons (Fsp3) is 0.318. The van der Waals surface area contributed by atoms with Crippen molar-refractivity contribution in [2.45, 2.75) is 25.4 Å². The average molecular weight is 445 g/mol. The van der Waals surface area contributed by atoms with E-state index in [0.717, 1.165) is 28.8 Å². The van der Waals surface area contributed by atoms with Crippen LogP contribution in [0.25, 0.3) is 17.1 Å². The minimum atomic E-state index is -0.0501. The number of hydrogen-bond acceptors (Lipinski definition) is 5. The maximum Gasteiger partial charge on any atom is 0.230 e. The largest absolute Gasteiger partial charge is 0.385 e. The highest BCUT2D eigenvalue weighted by molar-refractivity contribution is 7.99. The molecule has 0 atom stereocenters. The Morgan fingerprint density at radius 3 is 2.77 bits per heavy atom. The number of carbonyl (C=O) groups excluding carboxylic acids is 1. The van der Waals surface area contributed by atoms with Gasteiger partial charge >= 0.3 is 0 Å². The second kappa shape index (κ2) is 10.6. The summed E-state index contributed by atoms with van der Waals surface area (Å²) in [5.41, 5.74) is 3.97. The first-order valence-electron chi connectivity index (χ1n) is 9.67. The molecule has 6 nitrogen and oxygen atoms in total.